The average Bonchev–Trinajstić information content (AvgIpc) is 2.69. The molecule has 0 aromatic heterocycles. The van der Waals surface area contributed by atoms with Crippen LogP contribution in [0.15, 0.2) is 16.8 Å². The molecule has 0 aromatic carbocycles. The van der Waals surface area contributed by atoms with Crippen molar-refractivity contribution in [1.82, 2.24) is 16.0 Å². The number of hydrogen-bond donors (Lipinski definition) is 6. The number of rotatable bonds is 7. The maximum Gasteiger partial charge on any atom is 0.414 e. The summed E-state index contributed by atoms with van der Waals surface area (Å²) < 4.78 is 21.2. The van der Waals surface area contributed by atoms with Crippen LogP contribution in [0.5, 0.6) is 0 Å². The lowest BCUT2D eigenvalue weighted by atomic mass is 9.93. The molecule has 216 valence electrons. The standard InChI is InChI=1S/C23H38N4O11/c1-11(28)24-16-12(9-14(18(31)32)36-17(16)13(35-8)10-15(29)30)25-19(26-20(33)37-22(2,3)4)27-21(34)38-23(5,6)7/h9,12-13,15-17,29-30H,10H2,1-8H3,(H,24,28)(H,31,32)(H2,25,26,27,33,34)/t12-,13?,16+,17-/m0/s1. The van der Waals surface area contributed by atoms with Gasteiger partial charge in [-0.3, -0.25) is 15.4 Å². The summed E-state index contributed by atoms with van der Waals surface area (Å²) in [6.45, 7) is 10.9. The Bertz CT molecular complexity index is 903. The molecule has 0 fully saturated rings. The zero-order valence-electron chi connectivity index (χ0n) is 22.7. The van der Waals surface area contributed by atoms with Crippen molar-refractivity contribution in [2.24, 2.45) is 4.99 Å². The maximum absolute atomic E-state index is 12.5. The molecule has 0 bridgehead atoms. The van der Waals surface area contributed by atoms with Crippen LogP contribution in [0, 0.1) is 0 Å². The molecule has 1 unspecified atom stereocenters. The number of guanidine groups is 1. The first-order chi connectivity index (χ1) is 17.3. The third-order valence-electron chi connectivity index (χ3n) is 4.52. The van der Waals surface area contributed by atoms with Gasteiger partial charge >= 0.3 is 18.2 Å². The van der Waals surface area contributed by atoms with Crippen molar-refractivity contribution in [2.45, 2.75) is 96.7 Å². The number of amides is 3. The number of ether oxygens (including phenoxy) is 4. The Balaban J connectivity index is 3.60. The zero-order valence-corrected chi connectivity index (χ0v) is 22.7. The Labute approximate surface area is 220 Å². The number of hydrogen-bond acceptors (Lipinski definition) is 11. The topological polar surface area (TPSA) is 214 Å². The van der Waals surface area contributed by atoms with Crippen molar-refractivity contribution in [3.63, 3.8) is 0 Å². The van der Waals surface area contributed by atoms with Crippen LogP contribution in [0.3, 0.4) is 0 Å². The van der Waals surface area contributed by atoms with Gasteiger partial charge in [-0.15, -0.1) is 0 Å². The van der Waals surface area contributed by atoms with Crippen molar-refractivity contribution >= 4 is 30.0 Å². The molecule has 3 amide bonds. The van der Waals surface area contributed by atoms with Gasteiger partial charge in [0.2, 0.25) is 17.6 Å². The van der Waals surface area contributed by atoms with E-state index in [1.54, 1.807) is 41.5 Å². The number of aliphatic imine (C=N–C) groups is 1. The molecule has 0 aliphatic carbocycles. The SMILES string of the molecule is COC(CC(O)O)[C@@H]1OC(C(=O)O)=C[C@H](N=C(NC(=O)OC(C)(C)C)NC(=O)OC(C)(C)C)[C@H]1NC(C)=O. The summed E-state index contributed by atoms with van der Waals surface area (Å²) in [5, 5.41) is 35.7. The molecule has 0 saturated heterocycles. The highest BCUT2D eigenvalue weighted by Crippen LogP contribution is 2.26. The maximum atomic E-state index is 12.5. The highest BCUT2D eigenvalue weighted by Gasteiger charge is 2.43. The van der Waals surface area contributed by atoms with Crippen LogP contribution in [-0.4, -0.2) is 94.2 Å². The Morgan fingerprint density at radius 2 is 1.53 bits per heavy atom. The van der Waals surface area contributed by atoms with Crippen molar-refractivity contribution in [2.75, 3.05) is 7.11 Å². The second-order valence-electron chi connectivity index (χ2n) is 10.4. The number of methoxy groups -OCH3 is 1. The van der Waals surface area contributed by atoms with Gasteiger partial charge in [-0.25, -0.2) is 19.4 Å². The van der Waals surface area contributed by atoms with Gasteiger partial charge in [0.25, 0.3) is 0 Å². The summed E-state index contributed by atoms with van der Waals surface area (Å²) in [5.41, 5.74) is -1.81. The van der Waals surface area contributed by atoms with E-state index in [1.807, 2.05) is 0 Å². The second-order valence-corrected chi connectivity index (χ2v) is 10.4. The number of carbonyl (C=O) groups excluding carboxylic acids is 3. The van der Waals surface area contributed by atoms with E-state index >= 15 is 0 Å². The molecule has 0 aromatic rings. The Kier molecular flexibility index (Phi) is 11.5. The molecule has 15 nitrogen and oxygen atoms in total. The van der Waals surface area contributed by atoms with E-state index in [-0.39, 0.29) is 0 Å². The first kappa shape index (κ1) is 32.6. The lowest BCUT2D eigenvalue weighted by molar-refractivity contribution is -0.146. The summed E-state index contributed by atoms with van der Waals surface area (Å²) in [6, 6.07) is -2.41. The van der Waals surface area contributed by atoms with Gasteiger partial charge in [0.05, 0.1) is 12.1 Å². The zero-order chi connectivity index (χ0) is 29.4. The molecule has 4 atom stereocenters. The van der Waals surface area contributed by atoms with Crippen molar-refractivity contribution in [1.29, 1.82) is 0 Å². The molecule has 15 heteroatoms. The second kappa shape index (κ2) is 13.4. The number of carbonyl (C=O) groups is 4. The summed E-state index contributed by atoms with van der Waals surface area (Å²) in [5.74, 6) is -3.12. The Hall–Kier alpha value is -3.43. The molecule has 0 saturated carbocycles. The fraction of sp³-hybridized carbons (Fsp3) is 0.696. The third-order valence-corrected chi connectivity index (χ3v) is 4.52. The van der Waals surface area contributed by atoms with Gasteiger partial charge in [-0.05, 0) is 47.6 Å². The number of alkyl carbamates (subject to hydrolysis) is 2. The van der Waals surface area contributed by atoms with Crippen LogP contribution in [0.2, 0.25) is 0 Å². The smallest absolute Gasteiger partial charge is 0.414 e. The Morgan fingerprint density at radius 3 is 1.89 bits per heavy atom. The minimum Gasteiger partial charge on any atom is -0.478 e. The van der Waals surface area contributed by atoms with Gasteiger partial charge in [0.15, 0.2) is 6.29 Å². The van der Waals surface area contributed by atoms with Gasteiger partial charge in [-0.1, -0.05) is 0 Å². The molecular formula is C23H38N4O11. The van der Waals surface area contributed by atoms with Crippen LogP contribution in [0.25, 0.3) is 0 Å². The predicted molar refractivity (Wildman–Crippen MR) is 132 cm³/mol. The van der Waals surface area contributed by atoms with Gasteiger partial charge in [0, 0.05) is 20.5 Å². The number of aliphatic hydroxyl groups is 2. The van der Waals surface area contributed by atoms with Crippen LogP contribution >= 0.6 is 0 Å². The first-order valence-corrected chi connectivity index (χ1v) is 11.7. The quantitative estimate of drug-likeness (QED) is 0.145. The minimum absolute atomic E-state index is 0.403. The van der Waals surface area contributed by atoms with Crippen molar-refractivity contribution in [3.05, 3.63) is 11.8 Å². The lowest BCUT2D eigenvalue weighted by Gasteiger charge is -2.39. The van der Waals surface area contributed by atoms with Crippen molar-refractivity contribution < 1.29 is 53.4 Å². The van der Waals surface area contributed by atoms with Crippen LogP contribution in [-0.2, 0) is 28.5 Å². The highest BCUT2D eigenvalue weighted by molar-refractivity contribution is 6.01. The van der Waals surface area contributed by atoms with E-state index in [1.165, 1.54) is 14.0 Å². The summed E-state index contributed by atoms with van der Waals surface area (Å²) in [6.07, 6.45) is -5.58. The van der Waals surface area contributed by atoms with Crippen LogP contribution in [0.4, 0.5) is 9.59 Å². The van der Waals surface area contributed by atoms with E-state index < -0.39 is 84.0 Å². The number of nitrogens with one attached hydrogen (secondary N) is 3. The van der Waals surface area contributed by atoms with E-state index in [2.05, 4.69) is 20.9 Å². The van der Waals surface area contributed by atoms with Gasteiger partial charge in [-0.2, -0.15) is 0 Å². The molecule has 6 N–H and O–H groups in total. The predicted octanol–water partition coefficient (Wildman–Crippen LogP) is 0.348. The lowest BCUT2D eigenvalue weighted by Crippen LogP contribution is -2.58. The van der Waals surface area contributed by atoms with Crippen LogP contribution in [0.1, 0.15) is 54.9 Å². The third kappa shape index (κ3) is 11.7. The van der Waals surface area contributed by atoms with E-state index in [0.717, 1.165) is 6.08 Å². The summed E-state index contributed by atoms with van der Waals surface area (Å²) in [4.78, 5) is 53.0. The fourth-order valence-corrected chi connectivity index (χ4v) is 3.28. The van der Waals surface area contributed by atoms with E-state index in [4.69, 9.17) is 18.9 Å². The summed E-state index contributed by atoms with van der Waals surface area (Å²) >= 11 is 0. The molecule has 1 aliphatic heterocycles. The monoisotopic (exact) mass is 546 g/mol. The van der Waals surface area contributed by atoms with Crippen LogP contribution < -0.4 is 16.0 Å². The molecule has 1 aliphatic rings. The number of aliphatic carboxylic acids is 1. The molecule has 1 heterocycles. The number of carboxylic acids is 1. The van der Waals surface area contributed by atoms with E-state index in [0.29, 0.717) is 0 Å². The molecule has 38 heavy (non-hydrogen) atoms. The first-order valence-electron chi connectivity index (χ1n) is 11.7. The van der Waals surface area contributed by atoms with E-state index in [9.17, 15) is 34.5 Å². The number of aliphatic hydroxyl groups excluding tert-OH is 1. The molecular weight excluding hydrogens is 508 g/mol. The summed E-state index contributed by atoms with van der Waals surface area (Å²) in [7, 11) is 1.23. The number of nitrogens with zero attached hydrogens (tertiary/aromatic N) is 1. The van der Waals surface area contributed by atoms with Crippen molar-refractivity contribution in [3.8, 4) is 0 Å². The largest absolute Gasteiger partial charge is 0.478 e. The van der Waals surface area contributed by atoms with Gasteiger partial charge < -0.3 is 39.6 Å². The highest BCUT2D eigenvalue weighted by atomic mass is 16.6. The number of carboxylic acid groups (broad SMARTS) is 1. The molecule has 1 rings (SSSR count). The normalized spacial score (nSPS) is 20.3. The fourth-order valence-electron chi connectivity index (χ4n) is 3.28. The minimum atomic E-state index is -1.85. The average molecular weight is 547 g/mol. The van der Waals surface area contributed by atoms with Gasteiger partial charge in [0.1, 0.15) is 23.4 Å². The Morgan fingerprint density at radius 1 is 1.03 bits per heavy atom. The molecule has 0 spiro atoms. The molecule has 0 radical (unpaired) electrons.